The predicted molar refractivity (Wildman–Crippen MR) is 76.4 cm³/mol. The van der Waals surface area contributed by atoms with Crippen molar-refractivity contribution >= 4 is 0 Å². The monoisotopic (exact) mass is 240 g/mol. The molecule has 1 N–H and O–H groups in total. The zero-order valence-electron chi connectivity index (χ0n) is 12.7. The fourth-order valence-corrected chi connectivity index (χ4v) is 3.10. The highest BCUT2D eigenvalue weighted by Crippen LogP contribution is 2.39. The van der Waals surface area contributed by atoms with E-state index in [0.717, 1.165) is 18.5 Å². The van der Waals surface area contributed by atoms with E-state index < -0.39 is 0 Å². The maximum Gasteiger partial charge on any atom is 0.0274 e. The van der Waals surface area contributed by atoms with Gasteiger partial charge in [0.25, 0.3) is 0 Å². The summed E-state index contributed by atoms with van der Waals surface area (Å²) >= 11 is 0. The van der Waals surface area contributed by atoms with Crippen LogP contribution in [0.5, 0.6) is 0 Å². The van der Waals surface area contributed by atoms with Gasteiger partial charge >= 0.3 is 0 Å². The molecule has 2 atom stereocenters. The van der Waals surface area contributed by atoms with E-state index in [0.29, 0.717) is 11.5 Å². The van der Waals surface area contributed by atoms with Crippen LogP contribution in [-0.2, 0) is 0 Å². The molecule has 1 saturated carbocycles. The average Bonchev–Trinajstić information content (AvgIpc) is 2.52. The van der Waals surface area contributed by atoms with Crippen molar-refractivity contribution in [2.45, 2.75) is 66.0 Å². The molecule has 1 aliphatic carbocycles. The van der Waals surface area contributed by atoms with Crippen molar-refractivity contribution in [1.82, 2.24) is 10.2 Å². The third kappa shape index (κ3) is 3.96. The van der Waals surface area contributed by atoms with Crippen molar-refractivity contribution in [1.29, 1.82) is 0 Å². The second-order valence-corrected chi connectivity index (χ2v) is 6.79. The van der Waals surface area contributed by atoms with E-state index in [9.17, 15) is 0 Å². The minimum Gasteiger partial charge on any atom is -0.312 e. The molecule has 0 aromatic rings. The highest BCUT2D eigenvalue weighted by atomic mass is 15.2. The van der Waals surface area contributed by atoms with Crippen molar-refractivity contribution in [3.8, 4) is 0 Å². The Kier molecular flexibility index (Phi) is 5.46. The Morgan fingerprint density at radius 1 is 1.35 bits per heavy atom. The van der Waals surface area contributed by atoms with Crippen molar-refractivity contribution in [2.24, 2.45) is 11.3 Å². The lowest BCUT2D eigenvalue weighted by molar-refractivity contribution is 0.166. The maximum absolute atomic E-state index is 3.71. The standard InChI is InChI=1S/C15H32N2/c1-7-16-14-13(8-10-15(14,4)5)17(6)11-9-12(2)3/h12-14,16H,7-11H2,1-6H3. The summed E-state index contributed by atoms with van der Waals surface area (Å²) in [6.45, 7) is 14.0. The molecule has 2 unspecified atom stereocenters. The molecule has 0 aromatic carbocycles. The molecule has 0 radical (unpaired) electrons. The third-order valence-electron chi connectivity index (χ3n) is 4.36. The lowest BCUT2D eigenvalue weighted by Gasteiger charge is -2.36. The summed E-state index contributed by atoms with van der Waals surface area (Å²) < 4.78 is 0. The van der Waals surface area contributed by atoms with Gasteiger partial charge in [-0.3, -0.25) is 0 Å². The smallest absolute Gasteiger partial charge is 0.0274 e. The van der Waals surface area contributed by atoms with Gasteiger partial charge < -0.3 is 10.2 Å². The van der Waals surface area contributed by atoms with Crippen LogP contribution in [0.3, 0.4) is 0 Å². The lowest BCUT2D eigenvalue weighted by Crippen LogP contribution is -2.50. The van der Waals surface area contributed by atoms with Gasteiger partial charge in [0.1, 0.15) is 0 Å². The van der Waals surface area contributed by atoms with Crippen LogP contribution in [-0.4, -0.2) is 37.1 Å². The molecule has 0 heterocycles. The van der Waals surface area contributed by atoms with Crippen LogP contribution in [0.1, 0.15) is 53.9 Å². The molecule has 0 bridgehead atoms. The van der Waals surface area contributed by atoms with Gasteiger partial charge in [-0.15, -0.1) is 0 Å². The van der Waals surface area contributed by atoms with E-state index >= 15 is 0 Å². The van der Waals surface area contributed by atoms with E-state index in [-0.39, 0.29) is 0 Å². The normalized spacial score (nSPS) is 28.2. The van der Waals surface area contributed by atoms with Gasteiger partial charge in [-0.25, -0.2) is 0 Å². The van der Waals surface area contributed by atoms with Crippen molar-refractivity contribution < 1.29 is 0 Å². The summed E-state index contributed by atoms with van der Waals surface area (Å²) in [7, 11) is 2.30. The quantitative estimate of drug-likeness (QED) is 0.767. The maximum atomic E-state index is 3.71. The number of nitrogens with one attached hydrogen (secondary N) is 1. The second kappa shape index (κ2) is 6.19. The summed E-state index contributed by atoms with van der Waals surface area (Å²) in [5, 5.41) is 3.71. The van der Waals surface area contributed by atoms with Crippen LogP contribution in [0.25, 0.3) is 0 Å². The van der Waals surface area contributed by atoms with Gasteiger partial charge in [-0.1, -0.05) is 34.6 Å². The van der Waals surface area contributed by atoms with Crippen LogP contribution in [0, 0.1) is 11.3 Å². The first-order valence-electron chi connectivity index (χ1n) is 7.32. The molecule has 1 aliphatic rings. The predicted octanol–water partition coefficient (Wildman–Crippen LogP) is 3.13. The molecule has 0 aromatic heterocycles. The van der Waals surface area contributed by atoms with Gasteiger partial charge in [-0.2, -0.15) is 0 Å². The third-order valence-corrected chi connectivity index (χ3v) is 4.36. The lowest BCUT2D eigenvalue weighted by atomic mass is 9.86. The molecule has 102 valence electrons. The van der Waals surface area contributed by atoms with Crippen LogP contribution >= 0.6 is 0 Å². The highest BCUT2D eigenvalue weighted by Gasteiger charge is 2.42. The summed E-state index contributed by atoms with van der Waals surface area (Å²) in [5.41, 5.74) is 0.451. The van der Waals surface area contributed by atoms with Gasteiger partial charge in [0.2, 0.25) is 0 Å². The Morgan fingerprint density at radius 2 is 2.00 bits per heavy atom. The summed E-state index contributed by atoms with van der Waals surface area (Å²) in [5.74, 6) is 0.810. The van der Waals surface area contributed by atoms with E-state index in [4.69, 9.17) is 0 Å². The molecule has 2 nitrogen and oxygen atoms in total. The number of hydrogen-bond donors (Lipinski definition) is 1. The average molecular weight is 240 g/mol. The Balaban J connectivity index is 2.56. The van der Waals surface area contributed by atoms with Crippen LogP contribution in [0.2, 0.25) is 0 Å². The molecule has 0 amide bonds. The Morgan fingerprint density at radius 3 is 2.53 bits per heavy atom. The Hall–Kier alpha value is -0.0800. The molecule has 0 aliphatic heterocycles. The topological polar surface area (TPSA) is 15.3 Å². The molecule has 2 heteroatoms. The number of rotatable bonds is 6. The fourth-order valence-electron chi connectivity index (χ4n) is 3.10. The van der Waals surface area contributed by atoms with E-state index in [1.165, 1.54) is 25.8 Å². The van der Waals surface area contributed by atoms with Gasteiger partial charge in [0.05, 0.1) is 0 Å². The molecule has 17 heavy (non-hydrogen) atoms. The van der Waals surface area contributed by atoms with Crippen molar-refractivity contribution in [2.75, 3.05) is 20.1 Å². The molecule has 1 rings (SSSR count). The minimum atomic E-state index is 0.451. The zero-order valence-corrected chi connectivity index (χ0v) is 12.7. The molecule has 1 fully saturated rings. The first-order chi connectivity index (χ1) is 7.88. The van der Waals surface area contributed by atoms with Crippen molar-refractivity contribution in [3.05, 3.63) is 0 Å². The molecular formula is C15H32N2. The number of hydrogen-bond acceptors (Lipinski definition) is 2. The Bertz CT molecular complexity index is 223. The van der Waals surface area contributed by atoms with Crippen LogP contribution in [0.15, 0.2) is 0 Å². The second-order valence-electron chi connectivity index (χ2n) is 6.79. The number of nitrogens with zero attached hydrogens (tertiary/aromatic N) is 1. The van der Waals surface area contributed by atoms with Crippen molar-refractivity contribution in [3.63, 3.8) is 0 Å². The number of likely N-dealkylation sites (N-methyl/N-ethyl adjacent to an activating group) is 2. The fraction of sp³-hybridized carbons (Fsp3) is 1.00. The SMILES string of the molecule is CCNC1C(N(C)CCC(C)C)CCC1(C)C. The van der Waals surface area contributed by atoms with Gasteiger partial charge in [-0.05, 0) is 50.7 Å². The Labute approximate surface area is 108 Å². The summed E-state index contributed by atoms with van der Waals surface area (Å²) in [6.07, 6.45) is 4.01. The summed E-state index contributed by atoms with van der Waals surface area (Å²) in [6, 6.07) is 1.38. The van der Waals surface area contributed by atoms with E-state index in [1.807, 2.05) is 0 Å². The van der Waals surface area contributed by atoms with E-state index in [1.54, 1.807) is 0 Å². The minimum absolute atomic E-state index is 0.451. The zero-order chi connectivity index (χ0) is 13.1. The molecule has 0 spiro atoms. The highest BCUT2D eigenvalue weighted by molar-refractivity contribution is 5.00. The molecule has 0 saturated heterocycles. The van der Waals surface area contributed by atoms with Gasteiger partial charge in [0.15, 0.2) is 0 Å². The first kappa shape index (κ1) is 15.0. The van der Waals surface area contributed by atoms with E-state index in [2.05, 4.69) is 51.9 Å². The first-order valence-corrected chi connectivity index (χ1v) is 7.32. The van der Waals surface area contributed by atoms with Crippen LogP contribution in [0.4, 0.5) is 0 Å². The molecular weight excluding hydrogens is 208 g/mol. The summed E-state index contributed by atoms with van der Waals surface area (Å²) in [4.78, 5) is 2.59. The van der Waals surface area contributed by atoms with Gasteiger partial charge in [0, 0.05) is 12.1 Å². The van der Waals surface area contributed by atoms with Crippen LogP contribution < -0.4 is 5.32 Å². The largest absolute Gasteiger partial charge is 0.312 e.